The number of rotatable bonds is 8. The molecule has 0 heterocycles. The Balaban J connectivity index is 5.64. The standard InChI is InChI=1S/C21H39NO6S/c1-13(2)11-22(12-14(3)4)19(29)26-16(18(25)28-21(8,9)10)15(23)17(24)27-20(5,6)7/h13-16,23H,11-12H2,1-10H3/t15-,16-/m1/s1. The highest BCUT2D eigenvalue weighted by atomic mass is 32.1. The molecule has 7 nitrogen and oxygen atoms in total. The summed E-state index contributed by atoms with van der Waals surface area (Å²) in [6.07, 6.45) is -3.50. The molecule has 2 atom stereocenters. The molecule has 0 radical (unpaired) electrons. The van der Waals surface area contributed by atoms with Crippen LogP contribution in [0.2, 0.25) is 0 Å². The van der Waals surface area contributed by atoms with Gasteiger partial charge in [-0.1, -0.05) is 27.7 Å². The molecule has 0 aliphatic rings. The molecular weight excluding hydrogens is 394 g/mol. The predicted octanol–water partition coefficient (Wildman–Crippen LogP) is 3.31. The molecule has 0 spiro atoms. The molecule has 0 aliphatic carbocycles. The van der Waals surface area contributed by atoms with Crippen molar-refractivity contribution in [3.63, 3.8) is 0 Å². The van der Waals surface area contributed by atoms with Crippen molar-refractivity contribution in [3.05, 3.63) is 0 Å². The Bertz CT molecular complexity index is 552. The SMILES string of the molecule is CC(C)CN(CC(C)C)C(=S)O[C@@H](C(=O)OC(C)(C)C)[C@@H](O)C(=O)OC(C)(C)C. The molecule has 0 saturated heterocycles. The molecule has 1 N–H and O–H groups in total. The summed E-state index contributed by atoms with van der Waals surface area (Å²) in [5.74, 6) is -1.26. The van der Waals surface area contributed by atoms with E-state index in [0.29, 0.717) is 24.9 Å². The number of hydrogen-bond acceptors (Lipinski definition) is 7. The first kappa shape index (κ1) is 27.6. The topological polar surface area (TPSA) is 85.3 Å². The lowest BCUT2D eigenvalue weighted by molar-refractivity contribution is -0.184. The highest BCUT2D eigenvalue weighted by Crippen LogP contribution is 2.17. The fraction of sp³-hybridized carbons (Fsp3) is 0.857. The van der Waals surface area contributed by atoms with Gasteiger partial charge in [0.15, 0.2) is 6.10 Å². The first-order chi connectivity index (χ1) is 12.9. The van der Waals surface area contributed by atoms with Gasteiger partial charge in [0.1, 0.15) is 11.2 Å². The van der Waals surface area contributed by atoms with Crippen LogP contribution in [-0.2, 0) is 23.8 Å². The van der Waals surface area contributed by atoms with Gasteiger partial charge in [-0.05, 0) is 65.6 Å². The Morgan fingerprint density at radius 2 is 1.24 bits per heavy atom. The summed E-state index contributed by atoms with van der Waals surface area (Å²) in [6, 6.07) is 0. The molecule has 0 aromatic heterocycles. The number of esters is 2. The van der Waals surface area contributed by atoms with E-state index in [2.05, 4.69) is 0 Å². The lowest BCUT2D eigenvalue weighted by atomic mass is 10.1. The zero-order chi connectivity index (χ0) is 23.2. The van der Waals surface area contributed by atoms with E-state index in [-0.39, 0.29) is 5.17 Å². The van der Waals surface area contributed by atoms with Crippen LogP contribution in [0.3, 0.4) is 0 Å². The van der Waals surface area contributed by atoms with Crippen LogP contribution in [0.1, 0.15) is 69.2 Å². The summed E-state index contributed by atoms with van der Waals surface area (Å²) >= 11 is 5.40. The molecule has 170 valence electrons. The van der Waals surface area contributed by atoms with E-state index >= 15 is 0 Å². The monoisotopic (exact) mass is 433 g/mol. The summed E-state index contributed by atoms with van der Waals surface area (Å²) in [5.41, 5.74) is -1.66. The second-order valence-corrected chi connectivity index (χ2v) is 10.4. The second kappa shape index (κ2) is 11.1. The van der Waals surface area contributed by atoms with Gasteiger partial charge in [0.2, 0.25) is 6.10 Å². The van der Waals surface area contributed by atoms with Gasteiger partial charge in [-0.25, -0.2) is 9.59 Å². The van der Waals surface area contributed by atoms with Crippen LogP contribution in [0.4, 0.5) is 0 Å². The minimum Gasteiger partial charge on any atom is -0.458 e. The van der Waals surface area contributed by atoms with E-state index < -0.39 is 35.3 Å². The van der Waals surface area contributed by atoms with Crippen molar-refractivity contribution in [1.82, 2.24) is 4.90 Å². The third-order valence-corrected chi connectivity index (χ3v) is 3.59. The first-order valence-corrected chi connectivity index (χ1v) is 10.4. The van der Waals surface area contributed by atoms with Gasteiger partial charge in [0.05, 0.1) is 0 Å². The Morgan fingerprint density at radius 1 is 0.862 bits per heavy atom. The number of thiocarbonyl (C=S) groups is 1. The van der Waals surface area contributed by atoms with Crippen LogP contribution in [0, 0.1) is 11.8 Å². The van der Waals surface area contributed by atoms with Crippen molar-refractivity contribution < 1.29 is 28.9 Å². The summed E-state index contributed by atoms with van der Waals surface area (Å²) in [5, 5.41) is 10.6. The molecule has 0 fully saturated rings. The maximum Gasteiger partial charge on any atom is 0.351 e. The molecule has 0 aromatic carbocycles. The average molecular weight is 434 g/mol. The van der Waals surface area contributed by atoms with Crippen LogP contribution < -0.4 is 0 Å². The number of aliphatic hydroxyl groups excluding tert-OH is 1. The molecule has 0 bridgehead atoms. The van der Waals surface area contributed by atoms with Crippen molar-refractivity contribution >= 4 is 29.3 Å². The minimum absolute atomic E-state index is 0.0332. The van der Waals surface area contributed by atoms with Gasteiger partial charge < -0.3 is 24.2 Å². The van der Waals surface area contributed by atoms with Crippen LogP contribution >= 0.6 is 12.2 Å². The van der Waals surface area contributed by atoms with Crippen LogP contribution in [0.25, 0.3) is 0 Å². The average Bonchev–Trinajstić information content (AvgIpc) is 2.46. The van der Waals surface area contributed by atoms with Gasteiger partial charge in [0, 0.05) is 13.1 Å². The Hall–Kier alpha value is -1.41. The van der Waals surface area contributed by atoms with Crippen molar-refractivity contribution in [2.24, 2.45) is 11.8 Å². The summed E-state index contributed by atoms with van der Waals surface area (Å²) in [7, 11) is 0. The largest absolute Gasteiger partial charge is 0.458 e. The normalized spacial score (nSPS) is 14.4. The third kappa shape index (κ3) is 12.0. The van der Waals surface area contributed by atoms with Crippen LogP contribution in [-0.4, -0.2) is 63.6 Å². The van der Waals surface area contributed by atoms with Crippen molar-refractivity contribution in [3.8, 4) is 0 Å². The van der Waals surface area contributed by atoms with Gasteiger partial charge in [-0.3, -0.25) is 0 Å². The van der Waals surface area contributed by atoms with Gasteiger partial charge in [0.25, 0.3) is 5.17 Å². The molecule has 8 heteroatoms. The van der Waals surface area contributed by atoms with Crippen molar-refractivity contribution in [2.45, 2.75) is 92.6 Å². The number of ether oxygens (including phenoxy) is 3. The quantitative estimate of drug-likeness (QED) is 0.461. The molecule has 0 rings (SSSR count). The maximum absolute atomic E-state index is 12.7. The number of hydrogen-bond donors (Lipinski definition) is 1. The summed E-state index contributed by atoms with van der Waals surface area (Å²) in [4.78, 5) is 26.9. The molecule has 0 aromatic rings. The summed E-state index contributed by atoms with van der Waals surface area (Å²) in [6.45, 7) is 19.4. The summed E-state index contributed by atoms with van der Waals surface area (Å²) < 4.78 is 16.2. The lowest BCUT2D eigenvalue weighted by Crippen LogP contribution is -2.50. The molecule has 0 saturated carbocycles. The van der Waals surface area contributed by atoms with E-state index in [1.54, 1.807) is 41.5 Å². The van der Waals surface area contributed by atoms with Gasteiger partial charge >= 0.3 is 11.9 Å². The number of carbonyl (C=O) groups is 2. The number of carbonyl (C=O) groups excluding carboxylic acids is 2. The lowest BCUT2D eigenvalue weighted by Gasteiger charge is -2.32. The zero-order valence-electron chi connectivity index (χ0n) is 19.6. The van der Waals surface area contributed by atoms with E-state index in [4.69, 9.17) is 26.4 Å². The molecule has 29 heavy (non-hydrogen) atoms. The number of aliphatic hydroxyl groups is 1. The van der Waals surface area contributed by atoms with E-state index in [9.17, 15) is 14.7 Å². The second-order valence-electron chi connectivity index (χ2n) is 10.0. The first-order valence-electron chi connectivity index (χ1n) is 10.0. The molecule has 0 aliphatic heterocycles. The van der Waals surface area contributed by atoms with Gasteiger partial charge in [-0.15, -0.1) is 0 Å². The highest BCUT2D eigenvalue weighted by Gasteiger charge is 2.41. The van der Waals surface area contributed by atoms with Crippen molar-refractivity contribution in [1.29, 1.82) is 0 Å². The van der Waals surface area contributed by atoms with Crippen molar-refractivity contribution in [2.75, 3.05) is 13.1 Å². The van der Waals surface area contributed by atoms with Gasteiger partial charge in [-0.2, -0.15) is 0 Å². The Kier molecular flexibility index (Phi) is 10.6. The van der Waals surface area contributed by atoms with E-state index in [1.807, 2.05) is 32.6 Å². The smallest absolute Gasteiger partial charge is 0.351 e. The zero-order valence-corrected chi connectivity index (χ0v) is 20.4. The fourth-order valence-corrected chi connectivity index (χ4v) is 2.63. The molecular formula is C21H39NO6S. The molecule has 0 unspecified atom stereocenters. The Morgan fingerprint density at radius 3 is 1.59 bits per heavy atom. The maximum atomic E-state index is 12.7. The van der Waals surface area contributed by atoms with Crippen LogP contribution in [0.15, 0.2) is 0 Å². The van der Waals surface area contributed by atoms with E-state index in [0.717, 1.165) is 0 Å². The molecule has 0 amide bonds. The Labute approximate surface area is 181 Å². The minimum atomic E-state index is -1.87. The predicted molar refractivity (Wildman–Crippen MR) is 116 cm³/mol. The van der Waals surface area contributed by atoms with E-state index in [1.165, 1.54) is 0 Å². The number of nitrogens with zero attached hydrogens (tertiary/aromatic N) is 1. The van der Waals surface area contributed by atoms with Crippen LogP contribution in [0.5, 0.6) is 0 Å². The third-order valence-electron chi connectivity index (χ3n) is 3.23. The fourth-order valence-electron chi connectivity index (χ4n) is 2.38. The highest BCUT2D eigenvalue weighted by molar-refractivity contribution is 7.80.